The number of carbonyl (C=O) groups excluding carboxylic acids is 1. The van der Waals surface area contributed by atoms with E-state index in [0.29, 0.717) is 17.0 Å². The van der Waals surface area contributed by atoms with Crippen LogP contribution in [0.5, 0.6) is 5.75 Å². The molecule has 136 valence electrons. The molecule has 0 fully saturated rings. The maximum absolute atomic E-state index is 12.7. The Balaban J connectivity index is 2.05. The molecule has 0 heterocycles. The molecule has 0 atom stereocenters. The number of nitrogens with one attached hydrogen (secondary N) is 1. The molecule has 4 nitrogen and oxygen atoms in total. The predicted molar refractivity (Wildman–Crippen MR) is 112 cm³/mol. The van der Waals surface area contributed by atoms with Crippen molar-refractivity contribution in [1.29, 1.82) is 5.26 Å². The van der Waals surface area contributed by atoms with Crippen molar-refractivity contribution in [3.05, 3.63) is 77.4 Å². The van der Waals surface area contributed by atoms with Gasteiger partial charge < -0.3 is 10.1 Å². The first-order chi connectivity index (χ1) is 13.6. The minimum atomic E-state index is -0.479. The number of terminal acetylenes is 1. The lowest BCUT2D eigenvalue weighted by Gasteiger charge is -2.11. The molecule has 0 spiro atoms. The number of aryl methyl sites for hydroxylation is 1. The summed E-state index contributed by atoms with van der Waals surface area (Å²) < 4.78 is 5.64. The molecule has 0 aromatic heterocycles. The number of amides is 1. The van der Waals surface area contributed by atoms with Crippen molar-refractivity contribution < 1.29 is 9.53 Å². The van der Waals surface area contributed by atoms with Crippen LogP contribution in [0.25, 0.3) is 16.8 Å². The van der Waals surface area contributed by atoms with Crippen molar-refractivity contribution in [3.8, 4) is 24.2 Å². The van der Waals surface area contributed by atoms with E-state index in [-0.39, 0.29) is 12.2 Å². The fourth-order valence-electron chi connectivity index (χ4n) is 2.87. The summed E-state index contributed by atoms with van der Waals surface area (Å²) in [6, 6.07) is 20.8. The van der Waals surface area contributed by atoms with Crippen LogP contribution in [-0.4, -0.2) is 12.5 Å². The van der Waals surface area contributed by atoms with Gasteiger partial charge in [-0.2, -0.15) is 5.26 Å². The zero-order chi connectivity index (χ0) is 19.9. The third-order valence-electron chi connectivity index (χ3n) is 4.29. The number of hydrogen-bond acceptors (Lipinski definition) is 3. The normalized spacial score (nSPS) is 10.8. The number of para-hydroxylation sites is 1. The summed E-state index contributed by atoms with van der Waals surface area (Å²) in [5.74, 6) is 2.48. The van der Waals surface area contributed by atoms with Crippen LogP contribution in [0.4, 0.5) is 5.69 Å². The van der Waals surface area contributed by atoms with Crippen LogP contribution in [0.15, 0.2) is 66.2 Å². The molecule has 1 N–H and O–H groups in total. The lowest BCUT2D eigenvalue weighted by atomic mass is 10.0. The molecule has 0 aliphatic rings. The molecule has 28 heavy (non-hydrogen) atoms. The summed E-state index contributed by atoms with van der Waals surface area (Å²) in [4.78, 5) is 12.7. The zero-order valence-corrected chi connectivity index (χ0v) is 15.4. The third-order valence-corrected chi connectivity index (χ3v) is 4.29. The molecule has 0 unspecified atom stereocenters. The van der Waals surface area contributed by atoms with Crippen LogP contribution in [0.2, 0.25) is 0 Å². The van der Waals surface area contributed by atoms with E-state index in [4.69, 9.17) is 11.2 Å². The Morgan fingerprint density at radius 3 is 2.64 bits per heavy atom. The maximum Gasteiger partial charge on any atom is 0.266 e. The van der Waals surface area contributed by atoms with Gasteiger partial charge in [0, 0.05) is 11.3 Å². The van der Waals surface area contributed by atoms with Crippen molar-refractivity contribution in [2.45, 2.75) is 6.92 Å². The first-order valence-electron chi connectivity index (χ1n) is 8.71. The number of nitriles is 1. The Labute approximate surface area is 164 Å². The van der Waals surface area contributed by atoms with Crippen molar-refractivity contribution in [3.63, 3.8) is 0 Å². The van der Waals surface area contributed by atoms with Crippen LogP contribution in [-0.2, 0) is 4.79 Å². The third kappa shape index (κ3) is 4.03. The topological polar surface area (TPSA) is 62.1 Å². The number of ether oxygens (including phenoxy) is 1. The molecule has 3 aromatic carbocycles. The van der Waals surface area contributed by atoms with Gasteiger partial charge in [0.1, 0.15) is 24.0 Å². The van der Waals surface area contributed by atoms with Crippen LogP contribution in [0.3, 0.4) is 0 Å². The highest BCUT2D eigenvalue weighted by Gasteiger charge is 2.14. The van der Waals surface area contributed by atoms with Gasteiger partial charge in [-0.3, -0.25) is 4.79 Å². The van der Waals surface area contributed by atoms with E-state index in [1.807, 2.05) is 61.5 Å². The molecule has 0 bridgehead atoms. The number of benzene rings is 3. The lowest BCUT2D eigenvalue weighted by molar-refractivity contribution is -0.112. The average Bonchev–Trinajstić information content (AvgIpc) is 2.72. The quantitative estimate of drug-likeness (QED) is 0.404. The van der Waals surface area contributed by atoms with Gasteiger partial charge in [0.25, 0.3) is 5.91 Å². The van der Waals surface area contributed by atoms with Gasteiger partial charge in [-0.05, 0) is 41.5 Å². The number of nitrogens with zero attached hydrogens (tertiary/aromatic N) is 1. The lowest BCUT2D eigenvalue weighted by Crippen LogP contribution is -2.14. The molecular formula is C24H18N2O2. The first kappa shape index (κ1) is 18.8. The van der Waals surface area contributed by atoms with Crippen LogP contribution in [0, 0.1) is 30.6 Å². The van der Waals surface area contributed by atoms with E-state index in [1.165, 1.54) is 0 Å². The molecule has 0 saturated heterocycles. The fraction of sp³-hybridized carbons (Fsp3) is 0.0833. The number of rotatable bonds is 5. The molecule has 0 radical (unpaired) electrons. The van der Waals surface area contributed by atoms with Crippen molar-refractivity contribution >= 4 is 28.4 Å². The summed E-state index contributed by atoms with van der Waals surface area (Å²) in [6.45, 7) is 1.98. The maximum atomic E-state index is 12.7. The summed E-state index contributed by atoms with van der Waals surface area (Å²) in [5, 5.41) is 14.2. The van der Waals surface area contributed by atoms with Gasteiger partial charge in [0.15, 0.2) is 0 Å². The molecular weight excluding hydrogens is 348 g/mol. The van der Waals surface area contributed by atoms with Gasteiger partial charge in [0.2, 0.25) is 0 Å². The Hall–Kier alpha value is -4.02. The zero-order valence-electron chi connectivity index (χ0n) is 15.4. The highest BCUT2D eigenvalue weighted by Crippen LogP contribution is 2.30. The van der Waals surface area contributed by atoms with Crippen molar-refractivity contribution in [2.75, 3.05) is 11.9 Å². The van der Waals surface area contributed by atoms with Gasteiger partial charge in [0.05, 0.1) is 0 Å². The summed E-state index contributed by atoms with van der Waals surface area (Å²) in [7, 11) is 0. The predicted octanol–water partition coefficient (Wildman–Crippen LogP) is 4.71. The van der Waals surface area contributed by atoms with Gasteiger partial charge >= 0.3 is 0 Å². The van der Waals surface area contributed by atoms with E-state index < -0.39 is 5.91 Å². The highest BCUT2D eigenvalue weighted by molar-refractivity contribution is 6.11. The van der Waals surface area contributed by atoms with Crippen molar-refractivity contribution in [2.24, 2.45) is 0 Å². The second-order valence-electron chi connectivity index (χ2n) is 6.13. The van der Waals surface area contributed by atoms with Gasteiger partial charge in [-0.25, -0.2) is 0 Å². The minimum absolute atomic E-state index is 0.0230. The average molecular weight is 366 g/mol. The fourth-order valence-corrected chi connectivity index (χ4v) is 2.87. The van der Waals surface area contributed by atoms with Crippen LogP contribution < -0.4 is 10.1 Å². The Morgan fingerprint density at radius 2 is 1.89 bits per heavy atom. The molecule has 0 saturated carbocycles. The Kier molecular flexibility index (Phi) is 5.75. The number of carbonyl (C=O) groups is 1. The van der Waals surface area contributed by atoms with E-state index in [1.54, 1.807) is 18.2 Å². The largest absolute Gasteiger partial charge is 0.480 e. The van der Waals surface area contributed by atoms with Crippen molar-refractivity contribution in [1.82, 2.24) is 0 Å². The monoisotopic (exact) mass is 366 g/mol. The standard InChI is InChI=1S/C24H18N2O2/c1-3-14-28-23-13-12-18-9-5-6-10-20(18)21(23)15-19(16-25)24(27)26-22-11-7-4-8-17(22)2/h1,4-13,15H,14H2,2H3,(H,26,27)/b19-15+. The number of anilines is 1. The molecule has 1 amide bonds. The summed E-state index contributed by atoms with van der Waals surface area (Å²) >= 11 is 0. The van der Waals surface area contributed by atoms with E-state index in [0.717, 1.165) is 16.3 Å². The molecule has 4 heteroatoms. The second kappa shape index (κ2) is 8.58. The molecule has 3 aromatic rings. The van der Waals surface area contributed by atoms with Gasteiger partial charge in [-0.1, -0.05) is 54.5 Å². The highest BCUT2D eigenvalue weighted by atomic mass is 16.5. The first-order valence-corrected chi connectivity index (χ1v) is 8.71. The Morgan fingerprint density at radius 1 is 1.14 bits per heavy atom. The smallest absolute Gasteiger partial charge is 0.266 e. The molecule has 0 aliphatic heterocycles. The van der Waals surface area contributed by atoms with Gasteiger partial charge in [-0.15, -0.1) is 6.42 Å². The molecule has 3 rings (SSSR count). The van der Waals surface area contributed by atoms with Crippen LogP contribution in [0.1, 0.15) is 11.1 Å². The second-order valence-corrected chi connectivity index (χ2v) is 6.13. The van der Waals surface area contributed by atoms with E-state index in [2.05, 4.69) is 11.2 Å². The van der Waals surface area contributed by atoms with Crippen LogP contribution >= 0.6 is 0 Å². The number of hydrogen-bond donors (Lipinski definition) is 1. The SMILES string of the molecule is C#CCOc1ccc2ccccc2c1/C=C(\C#N)C(=O)Nc1ccccc1C. The summed E-state index contributed by atoms with van der Waals surface area (Å²) in [6.07, 6.45) is 6.85. The number of fused-ring (bicyclic) bond motifs is 1. The summed E-state index contributed by atoms with van der Waals surface area (Å²) in [5.41, 5.74) is 2.20. The Bertz CT molecular complexity index is 1150. The van der Waals surface area contributed by atoms with E-state index >= 15 is 0 Å². The van der Waals surface area contributed by atoms with E-state index in [9.17, 15) is 10.1 Å². The molecule has 0 aliphatic carbocycles. The minimum Gasteiger partial charge on any atom is -0.480 e.